The van der Waals surface area contributed by atoms with Crippen LogP contribution in [0.25, 0.3) is 0 Å². The van der Waals surface area contributed by atoms with Crippen molar-refractivity contribution in [1.82, 2.24) is 0 Å². The summed E-state index contributed by atoms with van der Waals surface area (Å²) in [5.41, 5.74) is 0. The number of para-hydroxylation sites is 1. The Labute approximate surface area is 196 Å². The van der Waals surface area contributed by atoms with Crippen LogP contribution in [0.5, 0.6) is 5.75 Å². The van der Waals surface area contributed by atoms with E-state index in [1.165, 1.54) is 6.92 Å². The number of benzene rings is 1. The average Bonchev–Trinajstić information content (AvgIpc) is 2.74. The van der Waals surface area contributed by atoms with E-state index in [0.717, 1.165) is 20.8 Å². The zero-order chi connectivity index (χ0) is 25.3. The molecule has 1 saturated heterocycles. The zero-order valence-corrected chi connectivity index (χ0v) is 19.4. The lowest BCUT2D eigenvalue weighted by atomic mass is 9.92. The quantitative estimate of drug-likeness (QED) is 0.288. The molecule has 0 amide bonds. The first-order valence-electron chi connectivity index (χ1n) is 10.6. The van der Waals surface area contributed by atoms with Crippen LogP contribution in [0.3, 0.4) is 0 Å². The molecule has 1 fully saturated rings. The molecule has 0 spiro atoms. The van der Waals surface area contributed by atoms with Gasteiger partial charge in [0.25, 0.3) is 0 Å². The van der Waals surface area contributed by atoms with Crippen molar-refractivity contribution in [2.24, 2.45) is 0 Å². The first kappa shape index (κ1) is 26.8. The predicted octanol–water partition coefficient (Wildman–Crippen LogP) is 1.50. The second-order valence-corrected chi connectivity index (χ2v) is 7.56. The molecule has 0 saturated carbocycles. The van der Waals surface area contributed by atoms with Crippen molar-refractivity contribution in [3.05, 3.63) is 30.3 Å². The third-order valence-corrected chi connectivity index (χ3v) is 4.69. The highest BCUT2D eigenvalue weighted by Crippen LogP contribution is 2.31. The van der Waals surface area contributed by atoms with Crippen LogP contribution in [0.2, 0.25) is 0 Å². The third kappa shape index (κ3) is 8.47. The Kier molecular flexibility index (Phi) is 9.99. The largest absolute Gasteiger partial charge is 0.463 e. The van der Waals surface area contributed by atoms with E-state index in [1.54, 1.807) is 30.3 Å². The highest BCUT2D eigenvalue weighted by Gasteiger charge is 2.51. The fourth-order valence-electron chi connectivity index (χ4n) is 3.48. The molecule has 0 N–H and O–H groups in total. The third-order valence-electron chi connectivity index (χ3n) is 4.69. The van der Waals surface area contributed by atoms with Gasteiger partial charge in [0.15, 0.2) is 18.3 Å². The second kappa shape index (κ2) is 12.7. The molecule has 34 heavy (non-hydrogen) atoms. The minimum absolute atomic E-state index is 0.00470. The SMILES string of the molecule is CC(=O)OC[C@H]1O[C@H](CCC(=O)Oc2ccccc2)[C@H](OC(C)=O)[C@@H](OC(C)=O)[C@@H]1OC(C)=O. The van der Waals surface area contributed by atoms with Crippen molar-refractivity contribution in [3.8, 4) is 5.75 Å². The van der Waals surface area contributed by atoms with Gasteiger partial charge in [0.05, 0.1) is 6.10 Å². The summed E-state index contributed by atoms with van der Waals surface area (Å²) < 4.78 is 32.3. The van der Waals surface area contributed by atoms with E-state index in [-0.39, 0.29) is 19.4 Å². The van der Waals surface area contributed by atoms with E-state index < -0.39 is 60.4 Å². The lowest BCUT2D eigenvalue weighted by Crippen LogP contribution is -2.62. The van der Waals surface area contributed by atoms with Gasteiger partial charge >= 0.3 is 29.8 Å². The molecule has 11 nitrogen and oxygen atoms in total. The minimum atomic E-state index is -1.27. The molecule has 11 heteroatoms. The van der Waals surface area contributed by atoms with Crippen LogP contribution < -0.4 is 4.74 Å². The molecule has 1 aliphatic heterocycles. The topological polar surface area (TPSA) is 141 Å². The van der Waals surface area contributed by atoms with Crippen LogP contribution in [-0.2, 0) is 47.7 Å². The molecular formula is C23H28O11. The van der Waals surface area contributed by atoms with E-state index in [0.29, 0.717) is 5.75 Å². The Balaban J connectivity index is 2.27. The fourth-order valence-corrected chi connectivity index (χ4v) is 3.48. The van der Waals surface area contributed by atoms with Crippen LogP contribution in [0.4, 0.5) is 0 Å². The first-order chi connectivity index (χ1) is 16.1. The lowest BCUT2D eigenvalue weighted by Gasteiger charge is -2.44. The smallest absolute Gasteiger partial charge is 0.311 e. The van der Waals surface area contributed by atoms with Crippen molar-refractivity contribution in [1.29, 1.82) is 0 Å². The summed E-state index contributed by atoms with van der Waals surface area (Å²) in [5, 5.41) is 0. The van der Waals surface area contributed by atoms with Gasteiger partial charge in [0.2, 0.25) is 0 Å². The molecule has 1 aliphatic rings. The van der Waals surface area contributed by atoms with E-state index in [2.05, 4.69) is 0 Å². The molecule has 0 unspecified atom stereocenters. The number of hydrogen-bond donors (Lipinski definition) is 0. The zero-order valence-electron chi connectivity index (χ0n) is 19.4. The Morgan fingerprint density at radius 1 is 0.735 bits per heavy atom. The standard InChI is InChI=1S/C23H28O11/c1-13(24)29-12-19-22(31-15(3)26)23(32-16(4)27)21(30-14(2)25)18(34-19)10-11-20(28)33-17-8-6-5-7-9-17/h5-9,18-19,21-23H,10-12H2,1-4H3/t18-,19-,21+,22-,23-/m1/s1. The van der Waals surface area contributed by atoms with E-state index in [1.807, 2.05) is 0 Å². The molecule has 0 radical (unpaired) electrons. The molecule has 2 rings (SSSR count). The van der Waals surface area contributed by atoms with Gasteiger partial charge < -0.3 is 28.4 Å². The normalized spacial score (nSPS) is 23.8. The van der Waals surface area contributed by atoms with Gasteiger partial charge in [-0.2, -0.15) is 0 Å². The average molecular weight is 480 g/mol. The molecule has 1 heterocycles. The summed E-state index contributed by atoms with van der Waals surface area (Å²) in [6.45, 7) is 4.28. The monoisotopic (exact) mass is 480 g/mol. The maximum atomic E-state index is 12.3. The van der Waals surface area contributed by atoms with Crippen molar-refractivity contribution in [2.75, 3.05) is 6.61 Å². The maximum Gasteiger partial charge on any atom is 0.311 e. The van der Waals surface area contributed by atoms with Crippen molar-refractivity contribution in [3.63, 3.8) is 0 Å². The van der Waals surface area contributed by atoms with Crippen molar-refractivity contribution in [2.45, 2.75) is 71.1 Å². The van der Waals surface area contributed by atoms with Crippen LogP contribution in [0, 0.1) is 0 Å². The summed E-state index contributed by atoms with van der Waals surface area (Å²) >= 11 is 0. The first-order valence-corrected chi connectivity index (χ1v) is 10.6. The van der Waals surface area contributed by atoms with E-state index >= 15 is 0 Å². The van der Waals surface area contributed by atoms with Crippen LogP contribution in [0.1, 0.15) is 40.5 Å². The van der Waals surface area contributed by atoms with E-state index in [4.69, 9.17) is 28.4 Å². The van der Waals surface area contributed by atoms with Gasteiger partial charge in [-0.15, -0.1) is 0 Å². The summed E-state index contributed by atoms with van der Waals surface area (Å²) in [6, 6.07) is 8.43. The van der Waals surface area contributed by atoms with Crippen molar-refractivity contribution >= 4 is 29.8 Å². The lowest BCUT2D eigenvalue weighted by molar-refractivity contribution is -0.253. The Morgan fingerprint density at radius 2 is 1.26 bits per heavy atom. The molecule has 1 aromatic carbocycles. The van der Waals surface area contributed by atoms with Gasteiger partial charge in [-0.3, -0.25) is 24.0 Å². The predicted molar refractivity (Wildman–Crippen MR) is 113 cm³/mol. The van der Waals surface area contributed by atoms with Gasteiger partial charge in [-0.1, -0.05) is 18.2 Å². The van der Waals surface area contributed by atoms with Gasteiger partial charge in [0.1, 0.15) is 18.5 Å². The summed E-state index contributed by atoms with van der Waals surface area (Å²) in [5.74, 6) is -2.98. The Bertz CT molecular complexity index is 882. The highest BCUT2D eigenvalue weighted by atomic mass is 16.7. The highest BCUT2D eigenvalue weighted by molar-refractivity contribution is 5.72. The number of hydrogen-bond acceptors (Lipinski definition) is 11. The van der Waals surface area contributed by atoms with Gasteiger partial charge in [-0.25, -0.2) is 0 Å². The second-order valence-electron chi connectivity index (χ2n) is 7.56. The van der Waals surface area contributed by atoms with Crippen LogP contribution in [0.15, 0.2) is 30.3 Å². The number of ether oxygens (including phenoxy) is 6. The summed E-state index contributed by atoms with van der Waals surface area (Å²) in [4.78, 5) is 59.1. The maximum absolute atomic E-state index is 12.3. The fraction of sp³-hybridized carbons (Fsp3) is 0.522. The number of carbonyl (C=O) groups is 5. The summed E-state index contributed by atoms with van der Waals surface area (Å²) in [6.07, 6.45) is -5.87. The van der Waals surface area contributed by atoms with Crippen molar-refractivity contribution < 1.29 is 52.4 Å². The molecule has 5 atom stereocenters. The van der Waals surface area contributed by atoms with Gasteiger partial charge in [0, 0.05) is 34.1 Å². The van der Waals surface area contributed by atoms with E-state index in [9.17, 15) is 24.0 Å². The number of carbonyl (C=O) groups excluding carboxylic acids is 5. The molecule has 0 aromatic heterocycles. The molecular weight excluding hydrogens is 452 g/mol. The Morgan fingerprint density at radius 3 is 1.79 bits per heavy atom. The summed E-state index contributed by atoms with van der Waals surface area (Å²) in [7, 11) is 0. The molecule has 0 bridgehead atoms. The molecule has 186 valence electrons. The Hall–Kier alpha value is -3.47. The minimum Gasteiger partial charge on any atom is -0.463 e. The van der Waals surface area contributed by atoms with Crippen LogP contribution in [-0.4, -0.2) is 67.0 Å². The molecule has 1 aromatic rings. The van der Waals surface area contributed by atoms with Crippen LogP contribution >= 0.6 is 0 Å². The number of esters is 5. The molecule has 0 aliphatic carbocycles. The number of rotatable bonds is 9. The van der Waals surface area contributed by atoms with Gasteiger partial charge in [-0.05, 0) is 18.6 Å².